The molecule has 196 valence electrons. The number of aliphatic hydroxyl groups is 1. The number of carboxylic acids is 1. The van der Waals surface area contributed by atoms with Gasteiger partial charge in [0.2, 0.25) is 5.91 Å². The number of hydrogen-bond acceptors (Lipinski definition) is 8. The molecule has 11 heteroatoms. The zero-order valence-electron chi connectivity index (χ0n) is 20.2. The lowest BCUT2D eigenvalue weighted by molar-refractivity contribution is -0.245. The normalized spacial score (nSPS) is 19.4. The molecular formula is C26H30N4O6S. The number of nitrogens with one attached hydrogen (secondary N) is 2. The Labute approximate surface area is 218 Å². The van der Waals surface area contributed by atoms with Crippen LogP contribution in [0.1, 0.15) is 61.2 Å². The number of anilines is 1. The minimum Gasteiger partial charge on any atom is -0.481 e. The Bertz CT molecular complexity index is 1160. The highest BCUT2D eigenvalue weighted by atomic mass is 32.2. The number of aromatic nitrogens is 3. The van der Waals surface area contributed by atoms with Crippen LogP contribution in [-0.2, 0) is 25.7 Å². The van der Waals surface area contributed by atoms with Crippen LogP contribution in [-0.4, -0.2) is 49.1 Å². The Morgan fingerprint density at radius 1 is 1.08 bits per heavy atom. The van der Waals surface area contributed by atoms with Gasteiger partial charge in [-0.05, 0) is 36.1 Å². The lowest BCUT2D eigenvalue weighted by Gasteiger charge is -2.36. The van der Waals surface area contributed by atoms with Crippen molar-refractivity contribution in [2.24, 2.45) is 0 Å². The van der Waals surface area contributed by atoms with Gasteiger partial charge in [0.05, 0.1) is 18.8 Å². The van der Waals surface area contributed by atoms with Crippen molar-refractivity contribution in [3.63, 3.8) is 0 Å². The number of carbonyl (C=O) groups excluding carboxylic acids is 1. The zero-order chi connectivity index (χ0) is 26.0. The number of nitrogens with zero attached hydrogens (tertiary/aromatic N) is 2. The third kappa shape index (κ3) is 8.12. The minimum absolute atomic E-state index is 0.0218. The van der Waals surface area contributed by atoms with E-state index in [0.717, 1.165) is 16.7 Å². The second-order valence-electron chi connectivity index (χ2n) is 8.73. The number of carbonyl (C=O) groups is 2. The molecule has 37 heavy (non-hydrogen) atoms. The number of unbranched alkanes of at least 4 members (excludes halogenated alkanes) is 1. The van der Waals surface area contributed by atoms with E-state index in [1.165, 1.54) is 18.1 Å². The summed E-state index contributed by atoms with van der Waals surface area (Å²) in [7, 11) is 0. The molecule has 1 aliphatic heterocycles. The number of thioether (sulfide) groups is 1. The van der Waals surface area contributed by atoms with Crippen molar-refractivity contribution in [2.45, 2.75) is 62.4 Å². The molecule has 3 aromatic rings. The molecule has 1 amide bonds. The number of hydrogen-bond donors (Lipinski definition) is 4. The van der Waals surface area contributed by atoms with Crippen LogP contribution in [0, 0.1) is 0 Å². The number of rotatable bonds is 12. The third-order valence-electron chi connectivity index (χ3n) is 5.90. The molecular weight excluding hydrogens is 496 g/mol. The van der Waals surface area contributed by atoms with Gasteiger partial charge >= 0.3 is 5.97 Å². The van der Waals surface area contributed by atoms with E-state index in [1.807, 2.05) is 42.5 Å². The predicted molar refractivity (Wildman–Crippen MR) is 137 cm³/mol. The molecule has 4 N–H and O–H groups in total. The number of ether oxygens (including phenoxy) is 2. The molecule has 1 aliphatic rings. The van der Waals surface area contributed by atoms with Gasteiger partial charge in [-0.3, -0.25) is 14.7 Å². The molecule has 3 unspecified atom stereocenters. The molecule has 3 atom stereocenters. The first-order valence-electron chi connectivity index (χ1n) is 12.1. The van der Waals surface area contributed by atoms with E-state index >= 15 is 0 Å². The van der Waals surface area contributed by atoms with Crippen molar-refractivity contribution in [2.75, 3.05) is 11.1 Å². The Balaban J connectivity index is 1.44. The smallest absolute Gasteiger partial charge is 0.303 e. The van der Waals surface area contributed by atoms with Crippen LogP contribution in [0.2, 0.25) is 0 Å². The van der Waals surface area contributed by atoms with E-state index in [0.29, 0.717) is 35.9 Å². The molecule has 10 nitrogen and oxygen atoms in total. The highest BCUT2D eigenvalue weighted by Gasteiger charge is 2.32. The molecule has 4 rings (SSSR count). The maximum Gasteiger partial charge on any atom is 0.303 e. The molecule has 1 aromatic heterocycles. The van der Waals surface area contributed by atoms with Crippen LogP contribution in [0.25, 0.3) is 0 Å². The fraction of sp³-hybridized carbons (Fsp3) is 0.385. The summed E-state index contributed by atoms with van der Waals surface area (Å²) in [6, 6.07) is 15.0. The van der Waals surface area contributed by atoms with Gasteiger partial charge in [-0.15, -0.1) is 0 Å². The summed E-state index contributed by atoms with van der Waals surface area (Å²) in [6.07, 6.45) is 2.37. The first-order chi connectivity index (χ1) is 18.0. The maximum absolute atomic E-state index is 12.3. The fourth-order valence-corrected chi connectivity index (χ4v) is 4.80. The van der Waals surface area contributed by atoms with E-state index in [4.69, 9.17) is 14.6 Å². The van der Waals surface area contributed by atoms with Crippen molar-refractivity contribution >= 4 is 29.3 Å². The predicted octanol–water partition coefficient (Wildman–Crippen LogP) is 4.22. The third-order valence-corrected chi connectivity index (χ3v) is 6.91. The Morgan fingerprint density at radius 3 is 2.62 bits per heavy atom. The van der Waals surface area contributed by atoms with E-state index in [9.17, 15) is 14.7 Å². The highest BCUT2D eigenvalue weighted by Crippen LogP contribution is 2.39. The van der Waals surface area contributed by atoms with Gasteiger partial charge in [-0.25, -0.2) is 4.98 Å². The SMILES string of the molecule is O=C(O)CCCCC(=O)Nc1cccc(C2OC(CSc3ncn[nH]3)CC(c3ccc(CO)cc3)O2)c1. The molecule has 2 aromatic carbocycles. The Hall–Kier alpha value is -3.25. The van der Waals surface area contributed by atoms with Crippen molar-refractivity contribution in [1.29, 1.82) is 0 Å². The summed E-state index contributed by atoms with van der Waals surface area (Å²) in [5.74, 6) is -0.385. The molecule has 2 heterocycles. The minimum atomic E-state index is -0.860. The van der Waals surface area contributed by atoms with Crippen molar-refractivity contribution < 1.29 is 29.3 Å². The molecule has 0 bridgehead atoms. The number of aliphatic hydroxyl groups excluding tert-OH is 1. The molecule has 0 saturated carbocycles. The van der Waals surface area contributed by atoms with E-state index in [2.05, 4.69) is 20.5 Å². The Morgan fingerprint density at radius 2 is 1.89 bits per heavy atom. The van der Waals surface area contributed by atoms with Crippen LogP contribution >= 0.6 is 11.8 Å². The van der Waals surface area contributed by atoms with Gasteiger partial charge in [0.25, 0.3) is 0 Å². The summed E-state index contributed by atoms with van der Waals surface area (Å²) in [5, 5.41) is 28.4. The van der Waals surface area contributed by atoms with E-state index in [-0.39, 0.29) is 37.6 Å². The number of H-pyrrole nitrogens is 1. The number of benzene rings is 2. The van der Waals surface area contributed by atoms with Gasteiger partial charge in [-0.2, -0.15) is 5.10 Å². The lowest BCUT2D eigenvalue weighted by Crippen LogP contribution is -2.31. The number of amides is 1. The van der Waals surface area contributed by atoms with Crippen LogP contribution in [0.5, 0.6) is 0 Å². The maximum atomic E-state index is 12.3. The first kappa shape index (κ1) is 26.8. The van der Waals surface area contributed by atoms with Gasteiger partial charge in [0.1, 0.15) is 6.33 Å². The Kier molecular flexibility index (Phi) is 9.66. The van der Waals surface area contributed by atoms with Crippen LogP contribution in [0.15, 0.2) is 60.0 Å². The zero-order valence-corrected chi connectivity index (χ0v) is 21.0. The van der Waals surface area contributed by atoms with Crippen molar-refractivity contribution in [3.05, 3.63) is 71.5 Å². The summed E-state index contributed by atoms with van der Waals surface area (Å²) in [6.45, 7) is -0.0218. The molecule has 0 radical (unpaired) electrons. The van der Waals surface area contributed by atoms with E-state index < -0.39 is 12.3 Å². The van der Waals surface area contributed by atoms with Crippen molar-refractivity contribution in [3.8, 4) is 0 Å². The van der Waals surface area contributed by atoms with Crippen LogP contribution < -0.4 is 5.32 Å². The van der Waals surface area contributed by atoms with Crippen LogP contribution in [0.4, 0.5) is 5.69 Å². The second kappa shape index (κ2) is 13.3. The van der Waals surface area contributed by atoms with Gasteiger partial charge in [0, 0.05) is 36.3 Å². The molecule has 1 saturated heterocycles. The first-order valence-corrected chi connectivity index (χ1v) is 13.1. The van der Waals surface area contributed by atoms with Gasteiger partial charge < -0.3 is 25.0 Å². The van der Waals surface area contributed by atoms with Gasteiger partial charge in [-0.1, -0.05) is 48.2 Å². The van der Waals surface area contributed by atoms with Crippen molar-refractivity contribution in [1.82, 2.24) is 15.2 Å². The summed E-state index contributed by atoms with van der Waals surface area (Å²) >= 11 is 1.52. The topological polar surface area (TPSA) is 147 Å². The molecule has 1 fully saturated rings. The lowest BCUT2D eigenvalue weighted by atomic mass is 10.0. The number of aromatic amines is 1. The van der Waals surface area contributed by atoms with Crippen LogP contribution in [0.3, 0.4) is 0 Å². The molecule has 0 aliphatic carbocycles. The summed E-state index contributed by atoms with van der Waals surface area (Å²) in [5.41, 5.74) is 3.21. The summed E-state index contributed by atoms with van der Waals surface area (Å²) in [4.78, 5) is 27.1. The van der Waals surface area contributed by atoms with E-state index in [1.54, 1.807) is 6.07 Å². The standard InChI is InChI=1S/C26H30N4O6S/c31-14-17-8-10-18(11-9-17)22-13-21(15-37-26-27-16-28-30-26)35-25(36-22)19-4-3-5-20(12-19)29-23(32)6-1-2-7-24(33)34/h3-5,8-12,16,21-22,25,31H,1-2,6-7,13-15H2,(H,29,32)(H,33,34)(H,27,28,30). The van der Waals surface area contributed by atoms with Gasteiger partial charge in [0.15, 0.2) is 11.4 Å². The largest absolute Gasteiger partial charge is 0.481 e. The monoisotopic (exact) mass is 526 g/mol. The second-order valence-corrected chi connectivity index (χ2v) is 9.73. The highest BCUT2D eigenvalue weighted by molar-refractivity contribution is 7.99. The summed E-state index contributed by atoms with van der Waals surface area (Å²) < 4.78 is 12.7. The average molecular weight is 527 g/mol. The fourth-order valence-electron chi connectivity index (χ4n) is 4.01. The quantitative estimate of drug-likeness (QED) is 0.201. The number of aliphatic carboxylic acids is 1. The number of carboxylic acid groups (broad SMARTS) is 1. The average Bonchev–Trinajstić information content (AvgIpc) is 3.44. The molecule has 0 spiro atoms.